The third-order valence-corrected chi connectivity index (χ3v) is 17.9. The number of benzene rings is 14. The Labute approximate surface area is 541 Å². The average molecular weight is 1280 g/mol. The predicted molar refractivity (Wildman–Crippen MR) is 394 cm³/mol. The number of nitrogens with zero attached hydrogens (tertiary/aromatic N) is 5. The minimum atomic E-state index is 1.10. The van der Waals surface area contributed by atoms with Crippen LogP contribution in [0.15, 0.2) is 352 Å². The van der Waals surface area contributed by atoms with Crippen molar-refractivity contribution in [3.8, 4) is 22.7 Å². The molecular weight excluding hydrogens is 1220 g/mol. The van der Waals surface area contributed by atoms with E-state index in [2.05, 4.69) is 385 Å². The Bertz CT molecular complexity index is 5460. The van der Waals surface area contributed by atoms with Crippen LogP contribution in [-0.2, 0) is 0 Å². The van der Waals surface area contributed by atoms with Crippen LogP contribution >= 0.6 is 22.6 Å². The molecule has 0 amide bonds. The third-order valence-electron chi connectivity index (χ3n) is 17.3. The number of rotatable bonds is 9. The second kappa shape index (κ2) is 23.9. The Morgan fingerprint density at radius 3 is 0.879 bits per heavy atom. The fourth-order valence-electron chi connectivity index (χ4n) is 13.3. The minimum absolute atomic E-state index is 1.10. The molecule has 432 valence electrons. The molecule has 0 atom stereocenters. The summed E-state index contributed by atoms with van der Waals surface area (Å²) in [4.78, 5) is 2.38. The number of nitrogens with one attached hydrogen (secondary N) is 1. The van der Waals surface area contributed by atoms with Gasteiger partial charge in [-0.1, -0.05) is 182 Å². The van der Waals surface area contributed by atoms with E-state index in [1.54, 1.807) is 0 Å². The van der Waals surface area contributed by atoms with Gasteiger partial charge in [0.1, 0.15) is 0 Å². The van der Waals surface area contributed by atoms with Crippen LogP contribution in [0.3, 0.4) is 0 Å². The van der Waals surface area contributed by atoms with Crippen molar-refractivity contribution in [1.29, 1.82) is 0 Å². The highest BCUT2D eigenvalue weighted by Crippen LogP contribution is 2.43. The van der Waals surface area contributed by atoms with Crippen molar-refractivity contribution < 1.29 is 0 Å². The maximum absolute atomic E-state index is 3.50. The van der Waals surface area contributed by atoms with Crippen LogP contribution in [0.1, 0.15) is 0 Å². The number of fused-ring (bicyclic) bond motifs is 12. The van der Waals surface area contributed by atoms with Crippen molar-refractivity contribution in [2.24, 2.45) is 0 Å². The molecule has 0 bridgehead atoms. The molecular formula is C84H59IN6. The van der Waals surface area contributed by atoms with Crippen LogP contribution in [0.4, 0.5) is 28.4 Å². The molecule has 0 aliphatic carbocycles. The van der Waals surface area contributed by atoms with E-state index in [4.69, 9.17) is 0 Å². The van der Waals surface area contributed by atoms with Crippen molar-refractivity contribution in [3.63, 3.8) is 0 Å². The first-order valence-corrected chi connectivity index (χ1v) is 31.8. The number of halogens is 1. The van der Waals surface area contributed by atoms with Gasteiger partial charge in [0.15, 0.2) is 0 Å². The molecule has 0 unspecified atom stereocenters. The monoisotopic (exact) mass is 1280 g/mol. The summed E-state index contributed by atoms with van der Waals surface area (Å²) < 4.78 is 10.7. The van der Waals surface area contributed by atoms with E-state index in [1.165, 1.54) is 102 Å². The largest absolute Gasteiger partial charge is 0.356 e. The Morgan fingerprint density at radius 1 is 0.209 bits per heavy atom. The summed E-state index contributed by atoms with van der Waals surface area (Å²) in [5.41, 5.74) is 20.0. The fraction of sp³-hybridized carbons (Fsp3) is 0. The summed E-state index contributed by atoms with van der Waals surface area (Å²) in [6.07, 6.45) is 0. The van der Waals surface area contributed by atoms with E-state index >= 15 is 0 Å². The molecule has 0 radical (unpaired) electrons. The molecule has 0 saturated heterocycles. The van der Waals surface area contributed by atoms with Crippen molar-refractivity contribution in [3.05, 3.63) is 355 Å². The lowest BCUT2D eigenvalue weighted by atomic mass is 10.1. The topological polar surface area (TPSA) is 35.0 Å². The Hall–Kier alpha value is -11.4. The zero-order valence-electron chi connectivity index (χ0n) is 49.6. The van der Waals surface area contributed by atoms with Gasteiger partial charge in [-0.15, -0.1) is 0 Å². The molecule has 1 N–H and O–H groups in total. The van der Waals surface area contributed by atoms with Crippen molar-refractivity contribution in [2.45, 2.75) is 0 Å². The summed E-state index contributed by atoms with van der Waals surface area (Å²) >= 11 is 2.38. The van der Waals surface area contributed by atoms with Gasteiger partial charge >= 0.3 is 0 Å². The lowest BCUT2D eigenvalue weighted by molar-refractivity contribution is 1.18. The molecule has 91 heavy (non-hydrogen) atoms. The summed E-state index contributed by atoms with van der Waals surface area (Å²) in [6, 6.07) is 125. The first-order chi connectivity index (χ1) is 45.1. The van der Waals surface area contributed by atoms with Crippen molar-refractivity contribution in [1.82, 2.24) is 18.3 Å². The van der Waals surface area contributed by atoms with Gasteiger partial charge < -0.3 is 28.5 Å². The van der Waals surface area contributed by atoms with Gasteiger partial charge in [-0.25, -0.2) is 0 Å². The molecule has 6 nitrogen and oxygen atoms in total. The number of para-hydroxylation sites is 10. The van der Waals surface area contributed by atoms with E-state index in [-0.39, 0.29) is 0 Å². The molecule has 18 rings (SSSR count). The second-order valence-corrected chi connectivity index (χ2v) is 24.0. The zero-order valence-corrected chi connectivity index (χ0v) is 51.8. The predicted octanol–water partition coefficient (Wildman–Crippen LogP) is 23.3. The van der Waals surface area contributed by atoms with Crippen LogP contribution in [0.25, 0.3) is 110 Å². The van der Waals surface area contributed by atoms with Crippen LogP contribution in [0.2, 0.25) is 0 Å². The van der Waals surface area contributed by atoms with E-state index in [1.807, 2.05) is 18.2 Å². The molecule has 7 heteroatoms. The molecule has 14 aromatic carbocycles. The third kappa shape index (κ3) is 10.2. The van der Waals surface area contributed by atoms with E-state index in [0.29, 0.717) is 0 Å². The molecule has 4 aromatic heterocycles. The van der Waals surface area contributed by atoms with E-state index in [9.17, 15) is 0 Å². The summed E-state index contributed by atoms with van der Waals surface area (Å²) in [7, 11) is 0. The summed E-state index contributed by atoms with van der Waals surface area (Å²) in [6.45, 7) is 0. The summed E-state index contributed by atoms with van der Waals surface area (Å²) in [5, 5.41) is 13.6. The first kappa shape index (κ1) is 55.0. The lowest BCUT2D eigenvalue weighted by Crippen LogP contribution is -2.09. The molecule has 4 heterocycles. The first-order valence-electron chi connectivity index (χ1n) is 30.8. The SMILES string of the molecule is Ic1ccc2c(c1)c1ccccc1n2-c1ccccc1.c1ccc(N(c2ccc3c(c2)c2ccccc2n3-c2ccccc2)c2ccc3c(c2)c2ccccc2n3-c2ccccc2)cc1.c1ccc(Nc2ccc3c(c2)c2ccccc2n3-c2ccccc2)cc1. The maximum Gasteiger partial charge on any atom is 0.0542 e. The van der Waals surface area contributed by atoms with Crippen LogP contribution in [0.5, 0.6) is 0 Å². The molecule has 18 aromatic rings. The molecule has 0 aliphatic heterocycles. The molecule has 0 fully saturated rings. The van der Waals surface area contributed by atoms with Crippen LogP contribution in [0, 0.1) is 3.57 Å². The van der Waals surface area contributed by atoms with Gasteiger partial charge in [-0.3, -0.25) is 0 Å². The average Bonchev–Trinajstić information content (AvgIpc) is 1.70. The zero-order chi connectivity index (χ0) is 60.6. The number of hydrogen-bond acceptors (Lipinski definition) is 2. The van der Waals surface area contributed by atoms with E-state index < -0.39 is 0 Å². The van der Waals surface area contributed by atoms with Gasteiger partial charge in [-0.2, -0.15) is 0 Å². The number of anilines is 5. The Balaban J connectivity index is 0.000000121. The smallest absolute Gasteiger partial charge is 0.0542 e. The highest BCUT2D eigenvalue weighted by atomic mass is 127. The van der Waals surface area contributed by atoms with Gasteiger partial charge in [0.25, 0.3) is 0 Å². The maximum atomic E-state index is 3.50. The van der Waals surface area contributed by atoms with Crippen molar-refractivity contribution in [2.75, 3.05) is 10.2 Å². The number of hydrogen-bond donors (Lipinski definition) is 1. The Kier molecular flexibility index (Phi) is 14.5. The lowest BCUT2D eigenvalue weighted by Gasteiger charge is -2.26. The Morgan fingerprint density at radius 2 is 0.495 bits per heavy atom. The minimum Gasteiger partial charge on any atom is -0.356 e. The van der Waals surface area contributed by atoms with Crippen LogP contribution < -0.4 is 10.2 Å². The number of aromatic nitrogens is 4. The van der Waals surface area contributed by atoms with Gasteiger partial charge in [0, 0.05) is 97.8 Å². The fourth-order valence-corrected chi connectivity index (χ4v) is 13.8. The highest BCUT2D eigenvalue weighted by Gasteiger charge is 2.21. The summed E-state index contributed by atoms with van der Waals surface area (Å²) in [5.74, 6) is 0. The van der Waals surface area contributed by atoms with Crippen LogP contribution in [-0.4, -0.2) is 18.3 Å². The van der Waals surface area contributed by atoms with E-state index in [0.717, 1.165) is 39.8 Å². The highest BCUT2D eigenvalue weighted by molar-refractivity contribution is 14.1. The van der Waals surface area contributed by atoms with Gasteiger partial charge in [0.2, 0.25) is 0 Å². The molecule has 0 saturated carbocycles. The quantitative estimate of drug-likeness (QED) is 0.146. The molecule has 0 spiro atoms. The standard InChI is InChI=1S/C42H29N3.C24H18N2.C18H12IN/c1-4-14-30(15-5-1)43(33-24-26-41-37(28-33)35-20-10-12-22-39(35)44(41)31-16-6-2-7-17-31)34-25-27-42-38(29-34)36-21-11-13-23-40(36)45(42)32-18-8-3-9-19-32;1-3-9-18(10-4-1)25-19-15-16-24-22(17-19)21-13-7-8-14-23(21)26(24)20-11-5-2-6-12-20;19-13-10-11-18-16(12-13)15-8-4-5-9-17(15)20(18)14-6-2-1-3-7-14/h1-29H;1-17,25H;1-12H. The van der Waals surface area contributed by atoms with Gasteiger partial charge in [0.05, 0.1) is 44.1 Å². The second-order valence-electron chi connectivity index (χ2n) is 22.7. The molecule has 0 aliphatic rings. The van der Waals surface area contributed by atoms with Crippen molar-refractivity contribution >= 4 is 138 Å². The normalized spacial score (nSPS) is 11.4. The van der Waals surface area contributed by atoms with Gasteiger partial charge in [-0.05, 0) is 192 Å².